The van der Waals surface area contributed by atoms with E-state index in [4.69, 9.17) is 4.74 Å². The average molecular weight is 448 g/mol. The highest BCUT2D eigenvalue weighted by Crippen LogP contribution is 2.28. The number of hydrogen-bond donors (Lipinski definition) is 2. The Balaban J connectivity index is 0.00000288. The van der Waals surface area contributed by atoms with Crippen molar-refractivity contribution in [3.63, 3.8) is 0 Å². The van der Waals surface area contributed by atoms with E-state index in [-0.39, 0.29) is 29.7 Å². The number of non-ortho nitro benzene ring substituents is 1. The molecule has 0 atom stereocenters. The number of nitrogens with zero attached hydrogens (tertiary/aromatic N) is 2. The molecule has 0 bridgehead atoms. The molecule has 1 aliphatic carbocycles. The van der Waals surface area contributed by atoms with Crippen LogP contribution in [0.15, 0.2) is 29.3 Å². The predicted molar refractivity (Wildman–Crippen MR) is 105 cm³/mol. The van der Waals surface area contributed by atoms with Crippen LogP contribution >= 0.6 is 24.0 Å². The van der Waals surface area contributed by atoms with Crippen LogP contribution in [0, 0.1) is 16.0 Å². The van der Waals surface area contributed by atoms with Crippen molar-refractivity contribution in [2.24, 2.45) is 10.9 Å². The van der Waals surface area contributed by atoms with Gasteiger partial charge in [0, 0.05) is 45.5 Å². The van der Waals surface area contributed by atoms with E-state index in [0.29, 0.717) is 12.5 Å². The van der Waals surface area contributed by atoms with Gasteiger partial charge in [-0.3, -0.25) is 15.1 Å². The number of rotatable bonds is 9. The molecular formula is C16H25IN4O3. The van der Waals surface area contributed by atoms with E-state index < -0.39 is 4.92 Å². The maximum Gasteiger partial charge on any atom is 0.269 e. The number of guanidine groups is 1. The standard InChI is InChI=1S/C16H24N4O3.HI/c1-17-16(18-8-3-9-23-12-13-6-7-13)19-11-14-4-2-5-15(10-14)20(21)22;/h2,4-5,10,13H,3,6-9,11-12H2,1H3,(H2,17,18,19);1H. The fourth-order valence-corrected chi connectivity index (χ4v) is 2.10. The summed E-state index contributed by atoms with van der Waals surface area (Å²) in [6, 6.07) is 6.58. The minimum absolute atomic E-state index is 0. The second-order valence-corrected chi connectivity index (χ2v) is 5.65. The van der Waals surface area contributed by atoms with Crippen LogP contribution in [0.2, 0.25) is 0 Å². The van der Waals surface area contributed by atoms with Gasteiger partial charge in [0.05, 0.1) is 4.92 Å². The molecule has 0 amide bonds. The van der Waals surface area contributed by atoms with Crippen molar-refractivity contribution >= 4 is 35.6 Å². The van der Waals surface area contributed by atoms with Crippen LogP contribution in [0.1, 0.15) is 24.8 Å². The van der Waals surface area contributed by atoms with E-state index in [0.717, 1.165) is 37.7 Å². The van der Waals surface area contributed by atoms with E-state index in [1.165, 1.54) is 18.9 Å². The molecule has 0 aliphatic heterocycles. The Labute approximate surface area is 159 Å². The summed E-state index contributed by atoms with van der Waals surface area (Å²) in [5.74, 6) is 1.48. The SMILES string of the molecule is CN=C(NCCCOCC1CC1)NCc1cccc([N+](=O)[O-])c1.I. The van der Waals surface area contributed by atoms with Crippen molar-refractivity contribution in [2.45, 2.75) is 25.8 Å². The Bertz CT molecular complexity index is 550. The Morgan fingerprint density at radius 3 is 2.88 bits per heavy atom. The van der Waals surface area contributed by atoms with Gasteiger partial charge >= 0.3 is 0 Å². The van der Waals surface area contributed by atoms with Gasteiger partial charge in [0.25, 0.3) is 5.69 Å². The van der Waals surface area contributed by atoms with Gasteiger partial charge in [0.15, 0.2) is 5.96 Å². The third kappa shape index (κ3) is 7.91. The van der Waals surface area contributed by atoms with Crippen molar-refractivity contribution in [3.8, 4) is 0 Å². The third-order valence-electron chi connectivity index (χ3n) is 3.61. The van der Waals surface area contributed by atoms with Crippen LogP contribution in [0.4, 0.5) is 5.69 Å². The van der Waals surface area contributed by atoms with Gasteiger partial charge in [-0.2, -0.15) is 0 Å². The molecule has 0 spiro atoms. The highest BCUT2D eigenvalue weighted by Gasteiger charge is 2.20. The number of benzene rings is 1. The largest absolute Gasteiger partial charge is 0.381 e. The molecule has 1 fully saturated rings. The summed E-state index contributed by atoms with van der Waals surface area (Å²) in [4.78, 5) is 14.5. The summed E-state index contributed by atoms with van der Waals surface area (Å²) in [6.07, 6.45) is 3.54. The van der Waals surface area contributed by atoms with Crippen molar-refractivity contribution in [2.75, 3.05) is 26.8 Å². The topological polar surface area (TPSA) is 88.8 Å². The second kappa shape index (κ2) is 11.2. The summed E-state index contributed by atoms with van der Waals surface area (Å²) in [5.41, 5.74) is 0.940. The average Bonchev–Trinajstić information content (AvgIpc) is 3.38. The molecule has 0 heterocycles. The molecule has 7 nitrogen and oxygen atoms in total. The quantitative estimate of drug-likeness (QED) is 0.152. The first-order valence-electron chi connectivity index (χ1n) is 7.94. The summed E-state index contributed by atoms with van der Waals surface area (Å²) in [5, 5.41) is 17.1. The van der Waals surface area contributed by atoms with Crippen LogP contribution in [0.3, 0.4) is 0 Å². The van der Waals surface area contributed by atoms with Crippen LogP contribution in [-0.4, -0.2) is 37.7 Å². The third-order valence-corrected chi connectivity index (χ3v) is 3.61. The van der Waals surface area contributed by atoms with Gasteiger partial charge in [0.1, 0.15) is 0 Å². The van der Waals surface area contributed by atoms with Crippen LogP contribution < -0.4 is 10.6 Å². The highest BCUT2D eigenvalue weighted by atomic mass is 127. The van der Waals surface area contributed by atoms with E-state index in [9.17, 15) is 10.1 Å². The molecule has 1 saturated carbocycles. The van der Waals surface area contributed by atoms with Crippen molar-refractivity contribution in [1.29, 1.82) is 0 Å². The van der Waals surface area contributed by atoms with E-state index in [1.54, 1.807) is 19.2 Å². The van der Waals surface area contributed by atoms with Crippen LogP contribution in [0.5, 0.6) is 0 Å². The predicted octanol–water partition coefficient (Wildman–Crippen LogP) is 2.69. The molecule has 0 unspecified atom stereocenters. The number of nitrogens with one attached hydrogen (secondary N) is 2. The number of hydrogen-bond acceptors (Lipinski definition) is 4. The molecule has 8 heteroatoms. The summed E-state index contributed by atoms with van der Waals surface area (Å²) >= 11 is 0. The number of halogens is 1. The smallest absolute Gasteiger partial charge is 0.269 e. The number of ether oxygens (including phenoxy) is 1. The summed E-state index contributed by atoms with van der Waals surface area (Å²) in [7, 11) is 1.70. The molecule has 0 saturated heterocycles. The maximum atomic E-state index is 10.8. The molecule has 1 aromatic rings. The minimum Gasteiger partial charge on any atom is -0.381 e. The number of aliphatic imine (C=N–C) groups is 1. The monoisotopic (exact) mass is 448 g/mol. The van der Waals surface area contributed by atoms with Crippen LogP contribution in [-0.2, 0) is 11.3 Å². The minimum atomic E-state index is -0.391. The molecule has 0 aromatic heterocycles. The summed E-state index contributed by atoms with van der Waals surface area (Å²) in [6.45, 7) is 2.91. The van der Waals surface area contributed by atoms with Gasteiger partial charge in [-0.1, -0.05) is 12.1 Å². The van der Waals surface area contributed by atoms with Gasteiger partial charge in [0.2, 0.25) is 0 Å². The fraction of sp³-hybridized carbons (Fsp3) is 0.562. The van der Waals surface area contributed by atoms with Gasteiger partial charge in [-0.25, -0.2) is 0 Å². The Morgan fingerprint density at radius 1 is 1.42 bits per heavy atom. The fourth-order valence-electron chi connectivity index (χ4n) is 2.10. The Kier molecular flexibility index (Phi) is 9.62. The van der Waals surface area contributed by atoms with Gasteiger partial charge < -0.3 is 15.4 Å². The lowest BCUT2D eigenvalue weighted by atomic mass is 10.2. The Hall–Kier alpha value is -1.42. The zero-order valence-electron chi connectivity index (χ0n) is 13.9. The maximum absolute atomic E-state index is 10.8. The molecule has 2 N–H and O–H groups in total. The molecule has 24 heavy (non-hydrogen) atoms. The first-order chi connectivity index (χ1) is 11.2. The zero-order valence-corrected chi connectivity index (χ0v) is 16.2. The molecular weight excluding hydrogens is 423 g/mol. The highest BCUT2D eigenvalue weighted by molar-refractivity contribution is 14.0. The first kappa shape index (κ1) is 20.6. The van der Waals surface area contributed by atoms with Crippen LogP contribution in [0.25, 0.3) is 0 Å². The first-order valence-corrected chi connectivity index (χ1v) is 7.94. The number of nitro benzene ring substituents is 1. The molecule has 1 aliphatic rings. The van der Waals surface area contributed by atoms with Crippen molar-refractivity contribution < 1.29 is 9.66 Å². The normalized spacial score (nSPS) is 14.0. The molecule has 2 rings (SSSR count). The molecule has 0 radical (unpaired) electrons. The molecule has 134 valence electrons. The zero-order chi connectivity index (χ0) is 16.5. The van der Waals surface area contributed by atoms with E-state index >= 15 is 0 Å². The lowest BCUT2D eigenvalue weighted by Gasteiger charge is -2.12. The molecule has 1 aromatic carbocycles. The van der Waals surface area contributed by atoms with Gasteiger partial charge in [-0.15, -0.1) is 24.0 Å². The van der Waals surface area contributed by atoms with Crippen molar-refractivity contribution in [1.82, 2.24) is 10.6 Å². The van der Waals surface area contributed by atoms with Gasteiger partial charge in [-0.05, 0) is 30.7 Å². The Morgan fingerprint density at radius 2 is 2.21 bits per heavy atom. The van der Waals surface area contributed by atoms with E-state index in [2.05, 4.69) is 15.6 Å². The lowest BCUT2D eigenvalue weighted by molar-refractivity contribution is -0.384. The van der Waals surface area contributed by atoms with Crippen molar-refractivity contribution in [3.05, 3.63) is 39.9 Å². The van der Waals surface area contributed by atoms with E-state index in [1.807, 2.05) is 6.07 Å². The second-order valence-electron chi connectivity index (χ2n) is 5.65. The lowest BCUT2D eigenvalue weighted by Crippen LogP contribution is -2.37. The number of nitro groups is 1. The summed E-state index contributed by atoms with van der Waals surface area (Å²) < 4.78 is 5.57.